The number of nitrogens with zero attached hydrogens (tertiary/aromatic N) is 3. The van der Waals surface area contributed by atoms with Crippen LogP contribution in [0.4, 0.5) is 0 Å². The predicted octanol–water partition coefficient (Wildman–Crippen LogP) is 0.836. The lowest BCUT2D eigenvalue weighted by molar-refractivity contribution is -0.149. The van der Waals surface area contributed by atoms with Crippen LogP contribution in [0.3, 0.4) is 0 Å². The number of ether oxygens (including phenoxy) is 1. The maximum atomic E-state index is 12.0. The van der Waals surface area contributed by atoms with E-state index in [0.717, 1.165) is 0 Å². The van der Waals surface area contributed by atoms with E-state index in [1.807, 2.05) is 20.8 Å². The van der Waals surface area contributed by atoms with Crippen LogP contribution < -0.4 is 5.73 Å². The Labute approximate surface area is 112 Å². The minimum atomic E-state index is -0.658. The number of rotatable bonds is 6. The van der Waals surface area contributed by atoms with Gasteiger partial charge in [0, 0.05) is 0 Å². The highest BCUT2D eigenvalue weighted by atomic mass is 16.5. The molecule has 0 saturated carbocycles. The lowest BCUT2D eigenvalue weighted by atomic mass is 10.2. The fourth-order valence-electron chi connectivity index (χ4n) is 1.65. The third kappa shape index (κ3) is 3.52. The van der Waals surface area contributed by atoms with Crippen molar-refractivity contribution in [3.05, 3.63) is 11.4 Å². The standard InChI is InChI=1S/C12H20N4O3/c1-5-9(12(18)19-6-7(2)3)16-8(4)10(11(13)17)14-15-16/h7,9H,5-6H2,1-4H3,(H2,13,17). The number of carbonyl (C=O) groups excluding carboxylic acids is 2. The lowest BCUT2D eigenvalue weighted by Crippen LogP contribution is -2.25. The molecule has 1 unspecified atom stereocenters. The molecule has 1 atom stereocenters. The molecule has 0 aliphatic heterocycles. The highest BCUT2D eigenvalue weighted by Crippen LogP contribution is 2.16. The number of hydrogen-bond donors (Lipinski definition) is 1. The van der Waals surface area contributed by atoms with E-state index in [-0.39, 0.29) is 17.6 Å². The van der Waals surface area contributed by atoms with Crippen LogP contribution in [0, 0.1) is 12.8 Å². The quantitative estimate of drug-likeness (QED) is 0.770. The number of nitrogens with two attached hydrogens (primary N) is 1. The summed E-state index contributed by atoms with van der Waals surface area (Å²) in [4.78, 5) is 23.1. The SMILES string of the molecule is CCC(C(=O)OCC(C)C)n1nnc(C(N)=O)c1C. The van der Waals surface area contributed by atoms with Crippen LogP contribution in [0.1, 0.15) is 49.4 Å². The molecule has 7 nitrogen and oxygen atoms in total. The summed E-state index contributed by atoms with van der Waals surface area (Å²) in [5.41, 5.74) is 5.72. The van der Waals surface area contributed by atoms with Crippen molar-refractivity contribution in [2.24, 2.45) is 11.7 Å². The second-order valence-electron chi connectivity index (χ2n) is 4.78. The summed E-state index contributed by atoms with van der Waals surface area (Å²) in [7, 11) is 0. The molecule has 0 fully saturated rings. The minimum absolute atomic E-state index is 0.0788. The molecule has 0 aliphatic carbocycles. The van der Waals surface area contributed by atoms with Gasteiger partial charge in [-0.3, -0.25) is 4.79 Å². The van der Waals surface area contributed by atoms with Crippen molar-refractivity contribution in [2.45, 2.75) is 40.2 Å². The molecular formula is C12H20N4O3. The smallest absolute Gasteiger partial charge is 0.331 e. The van der Waals surface area contributed by atoms with Gasteiger partial charge in [0.15, 0.2) is 11.7 Å². The summed E-state index contributed by atoms with van der Waals surface area (Å²) < 4.78 is 6.58. The van der Waals surface area contributed by atoms with Gasteiger partial charge in [-0.1, -0.05) is 26.0 Å². The molecule has 1 amide bonds. The highest BCUT2D eigenvalue weighted by molar-refractivity contribution is 5.91. The summed E-state index contributed by atoms with van der Waals surface area (Å²) in [6.07, 6.45) is 0.499. The topological polar surface area (TPSA) is 100 Å². The summed E-state index contributed by atoms with van der Waals surface area (Å²) in [5.74, 6) is -0.770. The van der Waals surface area contributed by atoms with E-state index in [2.05, 4.69) is 10.3 Å². The Hall–Kier alpha value is -1.92. The van der Waals surface area contributed by atoms with Crippen LogP contribution in [0.25, 0.3) is 0 Å². The molecule has 1 heterocycles. The Morgan fingerprint density at radius 2 is 2.05 bits per heavy atom. The van der Waals surface area contributed by atoms with Gasteiger partial charge in [0.1, 0.15) is 0 Å². The molecule has 2 N–H and O–H groups in total. The first-order valence-corrected chi connectivity index (χ1v) is 6.26. The summed E-state index contributed by atoms with van der Waals surface area (Å²) in [6, 6.07) is -0.584. The molecule has 0 bridgehead atoms. The van der Waals surface area contributed by atoms with Gasteiger partial charge < -0.3 is 10.5 Å². The van der Waals surface area contributed by atoms with Gasteiger partial charge in [-0.15, -0.1) is 5.10 Å². The second kappa shape index (κ2) is 6.31. The number of carbonyl (C=O) groups is 2. The normalized spacial score (nSPS) is 12.5. The number of amides is 1. The third-order valence-electron chi connectivity index (χ3n) is 2.67. The van der Waals surface area contributed by atoms with Gasteiger partial charge in [-0.2, -0.15) is 0 Å². The average Bonchev–Trinajstić information content (AvgIpc) is 2.70. The van der Waals surface area contributed by atoms with E-state index >= 15 is 0 Å². The van der Waals surface area contributed by atoms with Crippen LogP contribution in [-0.2, 0) is 9.53 Å². The monoisotopic (exact) mass is 268 g/mol. The van der Waals surface area contributed by atoms with E-state index in [9.17, 15) is 9.59 Å². The van der Waals surface area contributed by atoms with Gasteiger partial charge >= 0.3 is 5.97 Å². The van der Waals surface area contributed by atoms with Crippen molar-refractivity contribution in [3.8, 4) is 0 Å². The van der Waals surface area contributed by atoms with Crippen LogP contribution >= 0.6 is 0 Å². The Morgan fingerprint density at radius 1 is 1.42 bits per heavy atom. The van der Waals surface area contributed by atoms with E-state index in [1.165, 1.54) is 4.68 Å². The fourth-order valence-corrected chi connectivity index (χ4v) is 1.65. The van der Waals surface area contributed by atoms with Crippen molar-refractivity contribution in [1.29, 1.82) is 0 Å². The molecule has 7 heteroatoms. The first kappa shape index (κ1) is 15.1. The van der Waals surface area contributed by atoms with Crippen molar-refractivity contribution in [3.63, 3.8) is 0 Å². The molecule has 1 aromatic rings. The van der Waals surface area contributed by atoms with E-state index in [1.54, 1.807) is 6.92 Å². The molecule has 19 heavy (non-hydrogen) atoms. The largest absolute Gasteiger partial charge is 0.464 e. The lowest BCUT2D eigenvalue weighted by Gasteiger charge is -2.16. The maximum Gasteiger partial charge on any atom is 0.331 e. The van der Waals surface area contributed by atoms with E-state index < -0.39 is 11.9 Å². The average molecular weight is 268 g/mol. The highest BCUT2D eigenvalue weighted by Gasteiger charge is 2.25. The van der Waals surface area contributed by atoms with Crippen LogP contribution in [0.2, 0.25) is 0 Å². The van der Waals surface area contributed by atoms with Gasteiger partial charge in [-0.05, 0) is 19.3 Å². The van der Waals surface area contributed by atoms with Crippen molar-refractivity contribution in [2.75, 3.05) is 6.61 Å². The van der Waals surface area contributed by atoms with Crippen LogP contribution in [0.15, 0.2) is 0 Å². The van der Waals surface area contributed by atoms with Gasteiger partial charge in [0.05, 0.1) is 12.3 Å². The first-order valence-electron chi connectivity index (χ1n) is 6.26. The first-order chi connectivity index (χ1) is 8.88. The van der Waals surface area contributed by atoms with Crippen molar-refractivity contribution >= 4 is 11.9 Å². The summed E-state index contributed by atoms with van der Waals surface area (Å²) in [5, 5.41) is 7.51. The van der Waals surface area contributed by atoms with Crippen LogP contribution in [0.5, 0.6) is 0 Å². The van der Waals surface area contributed by atoms with Gasteiger partial charge in [0.2, 0.25) is 0 Å². The molecule has 0 aromatic carbocycles. The molecule has 106 valence electrons. The Bertz CT molecular complexity index is 468. The van der Waals surface area contributed by atoms with Gasteiger partial charge in [-0.25, -0.2) is 9.48 Å². The number of esters is 1. The number of aromatic nitrogens is 3. The Morgan fingerprint density at radius 3 is 2.47 bits per heavy atom. The molecule has 1 rings (SSSR count). The fraction of sp³-hybridized carbons (Fsp3) is 0.667. The molecule has 0 aliphatic rings. The number of primary amides is 1. The molecular weight excluding hydrogens is 248 g/mol. The summed E-state index contributed by atoms with van der Waals surface area (Å²) in [6.45, 7) is 7.76. The van der Waals surface area contributed by atoms with Crippen LogP contribution in [-0.4, -0.2) is 33.5 Å². The number of hydrogen-bond acceptors (Lipinski definition) is 5. The zero-order valence-corrected chi connectivity index (χ0v) is 11.7. The van der Waals surface area contributed by atoms with Gasteiger partial charge in [0.25, 0.3) is 5.91 Å². The van der Waals surface area contributed by atoms with E-state index in [4.69, 9.17) is 10.5 Å². The molecule has 0 spiro atoms. The summed E-state index contributed by atoms with van der Waals surface area (Å²) >= 11 is 0. The predicted molar refractivity (Wildman–Crippen MR) is 68.4 cm³/mol. The maximum absolute atomic E-state index is 12.0. The zero-order chi connectivity index (χ0) is 14.6. The van der Waals surface area contributed by atoms with Crippen molar-refractivity contribution < 1.29 is 14.3 Å². The Kier molecular flexibility index (Phi) is 5.02. The van der Waals surface area contributed by atoms with Crippen molar-refractivity contribution in [1.82, 2.24) is 15.0 Å². The molecule has 1 aromatic heterocycles. The van der Waals surface area contributed by atoms with E-state index in [0.29, 0.717) is 18.7 Å². The molecule has 0 saturated heterocycles. The second-order valence-corrected chi connectivity index (χ2v) is 4.78. The molecule has 0 radical (unpaired) electrons. The third-order valence-corrected chi connectivity index (χ3v) is 2.67. The zero-order valence-electron chi connectivity index (χ0n) is 11.7. The Balaban J connectivity index is 2.91. The minimum Gasteiger partial charge on any atom is -0.464 e.